The summed E-state index contributed by atoms with van der Waals surface area (Å²) in [5.41, 5.74) is 5.44. The van der Waals surface area contributed by atoms with Crippen LogP contribution in [0, 0.1) is 0 Å². The van der Waals surface area contributed by atoms with Crippen LogP contribution in [0.5, 0.6) is 0 Å². The van der Waals surface area contributed by atoms with E-state index in [1.54, 1.807) is 0 Å². The van der Waals surface area contributed by atoms with Gasteiger partial charge < -0.3 is 33.4 Å². The van der Waals surface area contributed by atoms with Crippen LogP contribution in [0.1, 0.15) is 179 Å². The maximum atomic E-state index is 12.3. The molecule has 4 fully saturated rings. The first-order valence-electron chi connectivity index (χ1n) is 23.7. The predicted molar refractivity (Wildman–Crippen MR) is 236 cm³/mol. The van der Waals surface area contributed by atoms with Crippen LogP contribution in [0.3, 0.4) is 0 Å². The molecule has 2 aromatic rings. The molecule has 0 radical (unpaired) electrons. The minimum Gasteiger partial charge on any atom is -0.724 e. The average Bonchev–Trinajstić information content (AvgIpc) is 4.05. The first-order chi connectivity index (χ1) is 31.0. The van der Waals surface area contributed by atoms with E-state index >= 15 is 0 Å². The van der Waals surface area contributed by atoms with Crippen LogP contribution in [0.4, 0.5) is 9.59 Å². The number of nitrogens with zero attached hydrogens (tertiary/aromatic N) is 9. The third-order valence-electron chi connectivity index (χ3n) is 12.3. The zero-order valence-electron chi connectivity index (χ0n) is 39.1. The molecule has 0 saturated carbocycles. The molecule has 3 N–H and O–H groups in total. The minimum absolute atomic E-state index is 0.257. The van der Waals surface area contributed by atoms with Crippen LogP contribution < -0.4 is 5.73 Å². The molecular formula is C41H74N10O12S2. The number of nitrogens with two attached hydrogens (primary N) is 1. The van der Waals surface area contributed by atoms with Crippen LogP contribution in [0.25, 0.3) is 0 Å². The molecule has 6 rings (SSSR count). The highest BCUT2D eigenvalue weighted by molar-refractivity contribution is 7.81. The van der Waals surface area contributed by atoms with E-state index in [0.29, 0.717) is 78.8 Å². The summed E-state index contributed by atoms with van der Waals surface area (Å²) in [7, 11) is -9.75. The molecule has 65 heavy (non-hydrogen) atoms. The number of hydrogen-bond donors (Lipinski definition) is 2. The molecule has 4 saturated heterocycles. The van der Waals surface area contributed by atoms with E-state index in [0.717, 1.165) is 32.1 Å². The van der Waals surface area contributed by atoms with Gasteiger partial charge in [0.1, 0.15) is 12.1 Å². The maximum absolute atomic E-state index is 12.3. The molecule has 0 aromatic carbocycles. The van der Waals surface area contributed by atoms with Gasteiger partial charge in [-0.05, 0) is 77.2 Å². The van der Waals surface area contributed by atoms with Gasteiger partial charge in [-0.25, -0.2) is 18.0 Å². The number of amides is 4. The van der Waals surface area contributed by atoms with Crippen molar-refractivity contribution in [3.8, 4) is 0 Å². The minimum atomic E-state index is -4.99. The summed E-state index contributed by atoms with van der Waals surface area (Å²) in [6, 6.07) is -3.09. The number of aromatic nitrogens is 4. The van der Waals surface area contributed by atoms with Crippen LogP contribution in [0.15, 0.2) is 8.83 Å². The number of piperidine rings is 2. The number of hydrogen-bond acceptors (Lipinski definition) is 16. The topological polar surface area (TPSA) is 281 Å². The molecule has 0 unspecified atom stereocenters. The summed E-state index contributed by atoms with van der Waals surface area (Å²) in [5.74, 6) is 1.67. The molecule has 0 aliphatic carbocycles. The van der Waals surface area contributed by atoms with Crippen molar-refractivity contribution in [3.05, 3.63) is 23.6 Å². The second kappa shape index (κ2) is 26.1. The Bertz CT molecular complexity index is 1810. The van der Waals surface area contributed by atoms with Crippen molar-refractivity contribution < 1.29 is 57.4 Å². The number of urea groups is 2. The SMILES string of the molecule is CCCCCc1nnc([C@@H]2CC[C@@H]3CN2C(=O)N3OS(=O)(=O)[O-])o1.CCCC[N+](CCCC)(CCCC)CCCC.NCCCCc1nnc([C@@H]2CC[C@@H]3CN2C(=O)N3OS(=O)(=O)O)o1. The Morgan fingerprint density at radius 3 is 1.40 bits per heavy atom. The van der Waals surface area contributed by atoms with Gasteiger partial charge >= 0.3 is 22.5 Å². The van der Waals surface area contributed by atoms with Crippen LogP contribution >= 0.6 is 0 Å². The largest absolute Gasteiger partial charge is 0.724 e. The molecule has 0 spiro atoms. The van der Waals surface area contributed by atoms with Crippen LogP contribution in [0.2, 0.25) is 0 Å². The highest BCUT2D eigenvalue weighted by atomic mass is 32.3. The summed E-state index contributed by atoms with van der Waals surface area (Å²) >= 11 is 0. The maximum Gasteiger partial charge on any atom is 0.418 e. The first-order valence-corrected chi connectivity index (χ1v) is 26.4. The Hall–Kier alpha value is -3.52. The number of fused-ring (bicyclic) bond motifs is 4. The lowest BCUT2D eigenvalue weighted by molar-refractivity contribution is -0.929. The van der Waals surface area contributed by atoms with Gasteiger partial charge in [0.25, 0.3) is 0 Å². The van der Waals surface area contributed by atoms with Gasteiger partial charge in [0.05, 0.1) is 38.3 Å². The molecule has 4 bridgehead atoms. The second-order valence-corrected chi connectivity index (χ2v) is 19.4. The molecular weight excluding hydrogens is 889 g/mol. The molecule has 24 heteroatoms. The van der Waals surface area contributed by atoms with Gasteiger partial charge in [-0.2, -0.15) is 22.8 Å². The normalized spacial score (nSPS) is 20.9. The molecule has 2 aromatic heterocycles. The van der Waals surface area contributed by atoms with Gasteiger partial charge in [-0.15, -0.1) is 24.7 Å². The molecule has 6 heterocycles. The fourth-order valence-corrected chi connectivity index (χ4v) is 9.54. The van der Waals surface area contributed by atoms with Gasteiger partial charge in [0, 0.05) is 25.9 Å². The summed E-state index contributed by atoms with van der Waals surface area (Å²) in [6.45, 7) is 18.2. The lowest BCUT2D eigenvalue weighted by Gasteiger charge is -2.39. The Kier molecular flexibility index (Phi) is 21.7. The smallest absolute Gasteiger partial charge is 0.418 e. The monoisotopic (exact) mass is 962 g/mol. The fourth-order valence-electron chi connectivity index (χ4n) is 8.77. The van der Waals surface area contributed by atoms with Crippen molar-refractivity contribution in [3.63, 3.8) is 0 Å². The van der Waals surface area contributed by atoms with Crippen molar-refractivity contribution in [2.45, 2.75) is 181 Å². The van der Waals surface area contributed by atoms with Gasteiger partial charge in [-0.1, -0.05) is 73.1 Å². The fraction of sp³-hybridized carbons (Fsp3) is 0.854. The Morgan fingerprint density at radius 1 is 0.631 bits per heavy atom. The van der Waals surface area contributed by atoms with E-state index in [1.165, 1.54) is 91.8 Å². The quantitative estimate of drug-likeness (QED) is 0.0462. The summed E-state index contributed by atoms with van der Waals surface area (Å²) in [5, 5.41) is 17.3. The van der Waals surface area contributed by atoms with E-state index in [4.69, 9.17) is 19.1 Å². The van der Waals surface area contributed by atoms with Crippen LogP contribution in [-0.2, 0) is 42.2 Å². The Labute approximate surface area is 385 Å². The van der Waals surface area contributed by atoms with E-state index in [9.17, 15) is 31.0 Å². The van der Waals surface area contributed by atoms with Gasteiger partial charge in [-0.3, -0.25) is 4.55 Å². The molecule has 4 amide bonds. The summed E-state index contributed by atoms with van der Waals surface area (Å²) < 4.78 is 84.2. The zero-order chi connectivity index (χ0) is 47.6. The second-order valence-electron chi connectivity index (χ2n) is 17.4. The summed E-state index contributed by atoms with van der Waals surface area (Å²) in [4.78, 5) is 27.4. The third kappa shape index (κ3) is 16.3. The number of hydroxylamine groups is 4. The number of quaternary nitrogens is 1. The third-order valence-corrected chi connectivity index (χ3v) is 13.0. The number of carbonyl (C=O) groups excluding carboxylic acids is 2. The van der Waals surface area contributed by atoms with E-state index in [2.05, 4.69) is 63.6 Å². The number of rotatable bonds is 26. The number of aryl methyl sites for hydroxylation is 2. The van der Waals surface area contributed by atoms with Crippen molar-refractivity contribution >= 4 is 32.9 Å². The molecule has 4 aliphatic heterocycles. The van der Waals surface area contributed by atoms with Gasteiger partial charge in [0.2, 0.25) is 34.0 Å². The molecule has 4 aliphatic rings. The van der Waals surface area contributed by atoms with Crippen molar-refractivity contribution in [1.82, 2.24) is 40.3 Å². The summed E-state index contributed by atoms with van der Waals surface area (Å²) in [6.07, 6.45) is 19.2. The standard InChI is InChI=1S/C16H36N.C13H20N4O6S.C12H19N5O6S/c1-5-9-13-17(14-10-6-2,15-11-7-3)16-12-8-4;1-2-3-4-5-11-14-15-12(22-11)10-7-6-9-8-16(10)13(18)17(9)23-24(19,20)21;13-6-2-1-3-10-14-15-11(22-10)9-5-4-8-7-16(9)12(18)17(8)23-24(19,20)21/h5-16H2,1-4H3;9-10H,2-8H2,1H3,(H,19,20,21);8-9H,1-7,13H2,(H,19,20,21)/q+1;;/p-1/t;9-,10+;8-,9+/m.11/s1. The molecule has 4 atom stereocenters. The van der Waals surface area contributed by atoms with E-state index in [1.807, 2.05) is 0 Å². The average molecular weight is 963 g/mol. The van der Waals surface area contributed by atoms with Gasteiger partial charge in [0.15, 0.2) is 0 Å². The molecule has 372 valence electrons. The van der Waals surface area contributed by atoms with E-state index in [-0.39, 0.29) is 13.1 Å². The molecule has 22 nitrogen and oxygen atoms in total. The predicted octanol–water partition coefficient (Wildman–Crippen LogP) is 6.17. The highest BCUT2D eigenvalue weighted by Crippen LogP contribution is 2.39. The van der Waals surface area contributed by atoms with Crippen molar-refractivity contribution in [1.29, 1.82) is 0 Å². The van der Waals surface area contributed by atoms with Crippen molar-refractivity contribution in [2.24, 2.45) is 5.73 Å². The first kappa shape index (κ1) is 54.1. The number of carbonyl (C=O) groups is 2. The Balaban J connectivity index is 0.000000218. The highest BCUT2D eigenvalue weighted by Gasteiger charge is 2.50. The van der Waals surface area contributed by atoms with Crippen LogP contribution in [-0.4, -0.2) is 141 Å². The van der Waals surface area contributed by atoms with Crippen molar-refractivity contribution in [2.75, 3.05) is 45.8 Å². The zero-order valence-corrected chi connectivity index (χ0v) is 40.7. The number of unbranched alkanes of at least 4 members (excludes halogenated alkanes) is 7. The Morgan fingerprint density at radius 2 is 1.03 bits per heavy atom. The lowest BCUT2D eigenvalue weighted by atomic mass is 10.0. The lowest BCUT2D eigenvalue weighted by Crippen LogP contribution is -2.50. The van der Waals surface area contributed by atoms with E-state index < -0.39 is 57.0 Å².